The van der Waals surface area contributed by atoms with Crippen LogP contribution in [0, 0.1) is 0 Å². The van der Waals surface area contributed by atoms with Crippen LogP contribution in [0.25, 0.3) is 11.0 Å². The summed E-state index contributed by atoms with van der Waals surface area (Å²) in [6, 6.07) is 2.81. The molecule has 1 aromatic carbocycles. The molecule has 0 saturated carbocycles. The summed E-state index contributed by atoms with van der Waals surface area (Å²) >= 11 is 12.0. The first-order valence-corrected chi connectivity index (χ1v) is 7.15. The molecule has 22 heavy (non-hydrogen) atoms. The third kappa shape index (κ3) is 2.57. The number of aromatic nitrogens is 2. The van der Waals surface area contributed by atoms with E-state index in [9.17, 15) is 14.4 Å². The molecule has 118 valence electrons. The fraction of sp³-hybridized carbons (Fsp3) is 0.308. The summed E-state index contributed by atoms with van der Waals surface area (Å²) in [6.45, 7) is 3.30. The van der Waals surface area contributed by atoms with Gasteiger partial charge in [0.1, 0.15) is 5.52 Å². The number of ether oxygens (including phenoxy) is 2. The van der Waals surface area contributed by atoms with E-state index in [1.165, 1.54) is 12.1 Å². The maximum Gasteiger partial charge on any atom is 0.422 e. The van der Waals surface area contributed by atoms with Crippen LogP contribution in [0.3, 0.4) is 0 Å². The Kier molecular flexibility index (Phi) is 4.77. The lowest BCUT2D eigenvalue weighted by Gasteiger charge is -2.04. The van der Waals surface area contributed by atoms with E-state index in [-0.39, 0.29) is 34.3 Å². The van der Waals surface area contributed by atoms with Gasteiger partial charge in [-0.2, -0.15) is 9.13 Å². The van der Waals surface area contributed by atoms with E-state index in [0.29, 0.717) is 9.13 Å². The molecule has 0 radical (unpaired) electrons. The first kappa shape index (κ1) is 16.4. The Morgan fingerprint density at radius 1 is 1.05 bits per heavy atom. The third-order valence-electron chi connectivity index (χ3n) is 2.80. The highest BCUT2D eigenvalue weighted by Crippen LogP contribution is 2.30. The summed E-state index contributed by atoms with van der Waals surface area (Å²) < 4.78 is 11.0. The van der Waals surface area contributed by atoms with Gasteiger partial charge in [-0.25, -0.2) is 14.4 Å². The van der Waals surface area contributed by atoms with Crippen molar-refractivity contribution < 1.29 is 19.1 Å². The highest BCUT2D eigenvalue weighted by Gasteiger charge is 2.26. The van der Waals surface area contributed by atoms with Gasteiger partial charge in [-0.1, -0.05) is 23.2 Å². The lowest BCUT2D eigenvalue weighted by Crippen LogP contribution is -2.33. The Bertz CT molecular complexity index is 809. The molecule has 0 aliphatic heterocycles. The number of benzene rings is 1. The molecule has 0 bridgehead atoms. The highest BCUT2D eigenvalue weighted by atomic mass is 35.5. The molecule has 0 N–H and O–H groups in total. The van der Waals surface area contributed by atoms with Crippen LogP contribution in [-0.4, -0.2) is 34.5 Å². The summed E-state index contributed by atoms with van der Waals surface area (Å²) in [5, 5.41) is 0.0978. The summed E-state index contributed by atoms with van der Waals surface area (Å²) in [5.41, 5.74) is -0.840. The number of imidazole rings is 1. The Hall–Kier alpha value is -1.99. The molecule has 9 heteroatoms. The zero-order chi connectivity index (χ0) is 16.4. The predicted octanol–water partition coefficient (Wildman–Crippen LogP) is 3.12. The Balaban J connectivity index is 2.86. The molecule has 0 fully saturated rings. The molecule has 7 nitrogen and oxygen atoms in total. The van der Waals surface area contributed by atoms with Gasteiger partial charge in [-0.05, 0) is 26.0 Å². The monoisotopic (exact) mass is 346 g/mol. The summed E-state index contributed by atoms with van der Waals surface area (Å²) in [6.07, 6.45) is -1.87. The van der Waals surface area contributed by atoms with E-state index >= 15 is 0 Å². The first-order chi connectivity index (χ1) is 10.4. The number of halogens is 2. The summed E-state index contributed by atoms with van der Waals surface area (Å²) in [5.74, 6) is 0. The van der Waals surface area contributed by atoms with Gasteiger partial charge in [0.25, 0.3) is 0 Å². The van der Waals surface area contributed by atoms with Crippen molar-refractivity contribution in [1.82, 2.24) is 9.13 Å². The maximum atomic E-state index is 12.4. The number of hydrogen-bond donors (Lipinski definition) is 0. The van der Waals surface area contributed by atoms with Gasteiger partial charge in [0, 0.05) is 0 Å². The molecular weight excluding hydrogens is 335 g/mol. The second-order valence-electron chi connectivity index (χ2n) is 4.08. The topological polar surface area (TPSA) is 79.5 Å². The fourth-order valence-corrected chi connectivity index (χ4v) is 2.34. The van der Waals surface area contributed by atoms with Crippen molar-refractivity contribution >= 4 is 46.4 Å². The minimum absolute atomic E-state index is 0.00864. The predicted molar refractivity (Wildman–Crippen MR) is 81.1 cm³/mol. The molecule has 0 atom stereocenters. The normalized spacial score (nSPS) is 10.7. The quantitative estimate of drug-likeness (QED) is 0.834. The minimum Gasteiger partial charge on any atom is -0.449 e. The highest BCUT2D eigenvalue weighted by molar-refractivity contribution is 6.45. The van der Waals surface area contributed by atoms with Gasteiger partial charge < -0.3 is 9.47 Å². The van der Waals surface area contributed by atoms with Crippen LogP contribution in [0.15, 0.2) is 16.9 Å². The average molecular weight is 347 g/mol. The molecule has 0 unspecified atom stereocenters. The Morgan fingerprint density at radius 2 is 1.59 bits per heavy atom. The average Bonchev–Trinajstić information content (AvgIpc) is 2.76. The lowest BCUT2D eigenvalue weighted by atomic mass is 10.3. The van der Waals surface area contributed by atoms with Crippen LogP contribution in [-0.2, 0) is 9.47 Å². The van der Waals surface area contributed by atoms with Crippen molar-refractivity contribution in [3.05, 3.63) is 32.7 Å². The molecule has 0 amide bonds. The number of carbonyl (C=O) groups excluding carboxylic acids is 2. The number of fused-ring (bicyclic) bond motifs is 1. The van der Waals surface area contributed by atoms with Gasteiger partial charge in [0.2, 0.25) is 0 Å². The van der Waals surface area contributed by atoms with Gasteiger partial charge in [0.05, 0.1) is 28.8 Å². The Labute approximate surface area is 134 Å². The van der Waals surface area contributed by atoms with Gasteiger partial charge in [0.15, 0.2) is 0 Å². The molecule has 0 spiro atoms. The van der Waals surface area contributed by atoms with Crippen LogP contribution >= 0.6 is 23.2 Å². The molecule has 1 aromatic heterocycles. The van der Waals surface area contributed by atoms with Crippen LogP contribution < -0.4 is 5.69 Å². The second-order valence-corrected chi connectivity index (χ2v) is 4.87. The minimum atomic E-state index is -0.954. The zero-order valence-corrected chi connectivity index (χ0v) is 13.3. The van der Waals surface area contributed by atoms with Crippen LogP contribution in [0.1, 0.15) is 13.8 Å². The first-order valence-electron chi connectivity index (χ1n) is 6.39. The number of rotatable bonds is 2. The fourth-order valence-electron chi connectivity index (χ4n) is 1.94. The molecule has 0 saturated heterocycles. The molecule has 1 heterocycles. The molecule has 2 rings (SSSR count). The van der Waals surface area contributed by atoms with E-state index < -0.39 is 17.9 Å². The molecule has 0 aliphatic carbocycles. The van der Waals surface area contributed by atoms with Crippen molar-refractivity contribution in [2.75, 3.05) is 13.2 Å². The SMILES string of the molecule is CCOC(=O)n1c(=O)n(C(=O)OCC)c2c(Cl)c(Cl)ccc21. The number of carbonyl (C=O) groups is 2. The van der Waals surface area contributed by atoms with E-state index in [1.807, 2.05) is 0 Å². The van der Waals surface area contributed by atoms with E-state index in [1.54, 1.807) is 13.8 Å². The van der Waals surface area contributed by atoms with Crippen molar-refractivity contribution in [3.8, 4) is 0 Å². The van der Waals surface area contributed by atoms with Gasteiger partial charge in [-0.3, -0.25) is 0 Å². The van der Waals surface area contributed by atoms with Crippen LogP contribution in [0.5, 0.6) is 0 Å². The molecular formula is C13H12Cl2N2O5. The van der Waals surface area contributed by atoms with Gasteiger partial charge >= 0.3 is 17.9 Å². The van der Waals surface area contributed by atoms with Crippen molar-refractivity contribution in [2.45, 2.75) is 13.8 Å². The van der Waals surface area contributed by atoms with Crippen LogP contribution in [0.4, 0.5) is 9.59 Å². The van der Waals surface area contributed by atoms with Crippen molar-refractivity contribution in [1.29, 1.82) is 0 Å². The number of hydrogen-bond acceptors (Lipinski definition) is 5. The van der Waals surface area contributed by atoms with E-state index in [2.05, 4.69) is 0 Å². The standard InChI is InChI=1S/C13H12Cl2N2O5/c1-3-21-12(19)16-8-6-5-7(14)9(15)10(8)17(11(16)18)13(20)22-4-2/h5-6H,3-4H2,1-2H3. The van der Waals surface area contributed by atoms with Gasteiger partial charge in [-0.15, -0.1) is 0 Å². The Morgan fingerprint density at radius 3 is 2.14 bits per heavy atom. The third-order valence-corrected chi connectivity index (χ3v) is 3.59. The van der Waals surface area contributed by atoms with Crippen molar-refractivity contribution in [3.63, 3.8) is 0 Å². The van der Waals surface area contributed by atoms with E-state index in [0.717, 1.165) is 0 Å². The zero-order valence-electron chi connectivity index (χ0n) is 11.8. The van der Waals surface area contributed by atoms with E-state index in [4.69, 9.17) is 32.7 Å². The number of nitrogens with zero attached hydrogens (tertiary/aromatic N) is 2. The molecule has 2 aromatic rings. The van der Waals surface area contributed by atoms with Crippen LogP contribution in [0.2, 0.25) is 10.0 Å². The summed E-state index contributed by atoms with van der Waals surface area (Å²) in [7, 11) is 0. The lowest BCUT2D eigenvalue weighted by molar-refractivity contribution is 0.150. The largest absolute Gasteiger partial charge is 0.449 e. The maximum absolute atomic E-state index is 12.4. The van der Waals surface area contributed by atoms with Crippen molar-refractivity contribution in [2.24, 2.45) is 0 Å². The second kappa shape index (κ2) is 6.41. The molecule has 0 aliphatic rings. The smallest absolute Gasteiger partial charge is 0.422 e. The summed E-state index contributed by atoms with van der Waals surface area (Å²) in [4.78, 5) is 36.4.